The molecular formula is C17H15N5O3S2. The van der Waals surface area contributed by atoms with E-state index in [0.29, 0.717) is 39.3 Å². The molecule has 1 aliphatic heterocycles. The van der Waals surface area contributed by atoms with Gasteiger partial charge in [-0.15, -0.1) is 6.58 Å². The number of carbonyl (C=O) groups is 1. The van der Waals surface area contributed by atoms with Gasteiger partial charge in [0.05, 0.1) is 10.6 Å². The lowest BCUT2D eigenvalue weighted by Crippen LogP contribution is -2.11. The zero-order valence-corrected chi connectivity index (χ0v) is 15.9. The van der Waals surface area contributed by atoms with Crippen molar-refractivity contribution in [3.63, 3.8) is 0 Å². The average molecular weight is 401 g/mol. The number of anilines is 1. The van der Waals surface area contributed by atoms with Crippen LogP contribution in [0.4, 0.5) is 5.13 Å². The molecule has 138 valence electrons. The lowest BCUT2D eigenvalue weighted by molar-refractivity contribution is 0.102. The molecule has 1 amide bonds. The largest absolute Gasteiger partial charge is 0.454 e. The molecule has 1 aliphatic rings. The van der Waals surface area contributed by atoms with Gasteiger partial charge in [-0.1, -0.05) is 17.4 Å². The number of aromatic amines is 1. The normalized spacial score (nSPS) is 12.2. The van der Waals surface area contributed by atoms with Crippen molar-refractivity contribution >= 4 is 34.6 Å². The molecule has 4 rings (SSSR count). The zero-order chi connectivity index (χ0) is 19.0. The molecule has 0 spiro atoms. The summed E-state index contributed by atoms with van der Waals surface area (Å²) in [5, 5.41) is 10.4. The number of carbonyl (C=O) groups excluding carboxylic acids is 1. The van der Waals surface area contributed by atoms with E-state index in [9.17, 15) is 4.79 Å². The van der Waals surface area contributed by atoms with Gasteiger partial charge in [-0.2, -0.15) is 5.10 Å². The van der Waals surface area contributed by atoms with Crippen molar-refractivity contribution in [2.24, 2.45) is 0 Å². The van der Waals surface area contributed by atoms with Crippen LogP contribution in [0.15, 0.2) is 30.9 Å². The van der Waals surface area contributed by atoms with Crippen LogP contribution >= 0.6 is 23.6 Å². The van der Waals surface area contributed by atoms with E-state index in [4.69, 9.17) is 21.7 Å². The molecule has 0 unspecified atom stereocenters. The number of hydrogen-bond acceptors (Lipinski definition) is 7. The molecule has 3 heterocycles. The van der Waals surface area contributed by atoms with Crippen LogP contribution in [0.25, 0.3) is 10.7 Å². The van der Waals surface area contributed by atoms with Crippen LogP contribution in [0, 0.1) is 11.7 Å². The molecule has 0 radical (unpaired) electrons. The SMILES string of the molecule is C=CCn1c(-c2sc(NC(=O)c3ccc4c(c3)OCO4)nc2C)n[nH]c1=S. The number of H-pyrrole nitrogens is 1. The minimum atomic E-state index is -0.279. The second-order valence-corrected chi connectivity index (χ2v) is 7.09. The van der Waals surface area contributed by atoms with Crippen molar-refractivity contribution in [2.75, 3.05) is 12.1 Å². The maximum absolute atomic E-state index is 12.5. The van der Waals surface area contributed by atoms with Crippen molar-refractivity contribution in [3.05, 3.63) is 46.9 Å². The van der Waals surface area contributed by atoms with Crippen molar-refractivity contribution in [3.8, 4) is 22.2 Å². The fourth-order valence-electron chi connectivity index (χ4n) is 2.65. The van der Waals surface area contributed by atoms with E-state index < -0.39 is 0 Å². The molecule has 0 atom stereocenters. The van der Waals surface area contributed by atoms with Crippen LogP contribution < -0.4 is 14.8 Å². The molecule has 0 aliphatic carbocycles. The van der Waals surface area contributed by atoms with Gasteiger partial charge < -0.3 is 9.47 Å². The lowest BCUT2D eigenvalue weighted by atomic mass is 10.2. The second kappa shape index (κ2) is 6.97. The first-order valence-electron chi connectivity index (χ1n) is 8.01. The summed E-state index contributed by atoms with van der Waals surface area (Å²) in [5.41, 5.74) is 1.21. The number of ether oxygens (including phenoxy) is 2. The lowest BCUT2D eigenvalue weighted by Gasteiger charge is -2.03. The molecule has 1 aromatic carbocycles. The Morgan fingerprint density at radius 2 is 2.30 bits per heavy atom. The Labute approximate surface area is 163 Å². The third-order valence-electron chi connectivity index (χ3n) is 3.92. The Morgan fingerprint density at radius 3 is 3.11 bits per heavy atom. The number of nitrogens with one attached hydrogen (secondary N) is 2. The van der Waals surface area contributed by atoms with Gasteiger partial charge in [0.25, 0.3) is 5.91 Å². The Morgan fingerprint density at radius 1 is 1.48 bits per heavy atom. The highest BCUT2D eigenvalue weighted by atomic mass is 32.1. The second-order valence-electron chi connectivity index (χ2n) is 5.71. The van der Waals surface area contributed by atoms with E-state index in [0.717, 1.165) is 10.6 Å². The number of thiazole rings is 1. The predicted octanol–water partition coefficient (Wildman–Crippen LogP) is 3.54. The van der Waals surface area contributed by atoms with Crippen LogP contribution in [-0.4, -0.2) is 32.4 Å². The van der Waals surface area contributed by atoms with Gasteiger partial charge in [-0.3, -0.25) is 19.8 Å². The highest BCUT2D eigenvalue weighted by Gasteiger charge is 2.19. The molecule has 0 saturated carbocycles. The number of benzene rings is 1. The Bertz CT molecular complexity index is 1100. The van der Waals surface area contributed by atoms with Gasteiger partial charge in [0.15, 0.2) is 27.2 Å². The summed E-state index contributed by atoms with van der Waals surface area (Å²) in [7, 11) is 0. The number of aromatic nitrogens is 4. The van der Waals surface area contributed by atoms with Gasteiger partial charge in [0.2, 0.25) is 6.79 Å². The van der Waals surface area contributed by atoms with Crippen molar-refractivity contribution < 1.29 is 14.3 Å². The highest BCUT2D eigenvalue weighted by molar-refractivity contribution is 7.71. The van der Waals surface area contributed by atoms with Crippen molar-refractivity contribution in [2.45, 2.75) is 13.5 Å². The molecule has 27 heavy (non-hydrogen) atoms. The van der Waals surface area contributed by atoms with Gasteiger partial charge in [-0.25, -0.2) is 4.98 Å². The minimum Gasteiger partial charge on any atom is -0.454 e. The Hall–Kier alpha value is -2.98. The molecule has 2 aromatic heterocycles. The Balaban J connectivity index is 1.59. The third kappa shape index (κ3) is 3.24. The van der Waals surface area contributed by atoms with E-state index in [1.54, 1.807) is 24.3 Å². The molecule has 2 N–H and O–H groups in total. The van der Waals surface area contributed by atoms with Crippen molar-refractivity contribution in [1.29, 1.82) is 0 Å². The number of nitrogens with zero attached hydrogens (tertiary/aromatic N) is 3. The first kappa shape index (κ1) is 17.4. The number of amides is 1. The zero-order valence-electron chi connectivity index (χ0n) is 14.3. The summed E-state index contributed by atoms with van der Waals surface area (Å²) in [6.45, 7) is 6.29. The van der Waals surface area contributed by atoms with E-state index in [2.05, 4.69) is 27.1 Å². The van der Waals surface area contributed by atoms with Gasteiger partial charge in [0.1, 0.15) is 0 Å². The van der Waals surface area contributed by atoms with E-state index in [1.807, 2.05) is 11.5 Å². The molecule has 10 heteroatoms. The van der Waals surface area contributed by atoms with Gasteiger partial charge in [-0.05, 0) is 37.3 Å². The van der Waals surface area contributed by atoms with Crippen LogP contribution in [0.1, 0.15) is 16.1 Å². The van der Waals surface area contributed by atoms with Crippen LogP contribution in [0.2, 0.25) is 0 Å². The van der Waals surface area contributed by atoms with Crippen LogP contribution in [0.3, 0.4) is 0 Å². The van der Waals surface area contributed by atoms with Crippen LogP contribution in [0.5, 0.6) is 11.5 Å². The summed E-state index contributed by atoms with van der Waals surface area (Å²) < 4.78 is 12.9. The topological polar surface area (TPSA) is 94.1 Å². The van der Waals surface area contributed by atoms with Gasteiger partial charge in [0, 0.05) is 12.1 Å². The third-order valence-corrected chi connectivity index (χ3v) is 5.31. The maximum atomic E-state index is 12.5. The first-order valence-corrected chi connectivity index (χ1v) is 9.24. The predicted molar refractivity (Wildman–Crippen MR) is 104 cm³/mol. The number of aryl methyl sites for hydroxylation is 1. The summed E-state index contributed by atoms with van der Waals surface area (Å²) in [4.78, 5) is 17.8. The molecular weight excluding hydrogens is 386 g/mol. The number of fused-ring (bicyclic) bond motifs is 1. The molecule has 0 saturated heterocycles. The first-order chi connectivity index (χ1) is 13.1. The van der Waals surface area contributed by atoms with E-state index in [1.165, 1.54) is 11.3 Å². The fourth-order valence-corrected chi connectivity index (χ4v) is 3.82. The molecule has 0 bridgehead atoms. The minimum absolute atomic E-state index is 0.161. The number of rotatable bonds is 5. The fraction of sp³-hybridized carbons (Fsp3) is 0.176. The number of allylic oxidation sites excluding steroid dienone is 1. The summed E-state index contributed by atoms with van der Waals surface area (Å²) in [6.07, 6.45) is 1.74. The van der Waals surface area contributed by atoms with E-state index >= 15 is 0 Å². The molecule has 3 aromatic rings. The average Bonchev–Trinajstić information content (AvgIpc) is 3.34. The standard InChI is InChI=1S/C17H15N5O3S2/c1-3-6-22-14(20-21-17(22)26)13-9(2)18-16(27-13)19-15(23)10-4-5-11-12(7-10)25-8-24-11/h3-5,7H,1,6,8H2,2H3,(H,21,26)(H,18,19,23). The summed E-state index contributed by atoms with van der Waals surface area (Å²) in [6, 6.07) is 5.04. The summed E-state index contributed by atoms with van der Waals surface area (Å²) in [5.74, 6) is 1.57. The van der Waals surface area contributed by atoms with Crippen LogP contribution in [-0.2, 0) is 6.54 Å². The quantitative estimate of drug-likeness (QED) is 0.502. The van der Waals surface area contributed by atoms with E-state index in [-0.39, 0.29) is 12.7 Å². The monoisotopic (exact) mass is 401 g/mol. The highest BCUT2D eigenvalue weighted by Crippen LogP contribution is 2.34. The summed E-state index contributed by atoms with van der Waals surface area (Å²) >= 11 is 6.58. The Kier molecular flexibility index (Phi) is 4.50. The molecule has 8 nitrogen and oxygen atoms in total. The molecule has 0 fully saturated rings. The maximum Gasteiger partial charge on any atom is 0.257 e. The number of hydrogen-bond donors (Lipinski definition) is 2. The smallest absolute Gasteiger partial charge is 0.257 e. The van der Waals surface area contributed by atoms with Gasteiger partial charge >= 0.3 is 0 Å². The van der Waals surface area contributed by atoms with Crippen molar-refractivity contribution in [1.82, 2.24) is 19.7 Å².